The van der Waals surface area contributed by atoms with E-state index in [-0.39, 0.29) is 44.1 Å². The average Bonchev–Trinajstić information content (AvgIpc) is 2.86. The minimum Gasteiger partial charge on any atom is -0.369 e. The number of rotatable bonds is 11. The largest absolute Gasteiger partial charge is 0.418 e. The molecular weight excluding hydrogens is 633 g/mol. The van der Waals surface area contributed by atoms with Gasteiger partial charge >= 0.3 is 6.18 Å². The van der Waals surface area contributed by atoms with Gasteiger partial charge in [0.05, 0.1) is 29.0 Å². The molecule has 2 aromatic rings. The minimum atomic E-state index is -5.17. The second kappa shape index (κ2) is 12.4. The molecule has 0 spiro atoms. The van der Waals surface area contributed by atoms with E-state index in [9.17, 15) is 40.1 Å². The van der Waals surface area contributed by atoms with Gasteiger partial charge in [-0.3, -0.25) is 14.3 Å². The van der Waals surface area contributed by atoms with Gasteiger partial charge in [-0.15, -0.1) is 0 Å². The Morgan fingerprint density at radius 1 is 1.05 bits per heavy atom. The fourth-order valence-corrected chi connectivity index (χ4v) is 6.62. The number of halogens is 4. The lowest BCUT2D eigenvalue weighted by Crippen LogP contribution is -2.49. The molecule has 0 atom stereocenters. The smallest absolute Gasteiger partial charge is 0.369 e. The number of hydrogen-bond acceptors (Lipinski definition) is 9. The quantitative estimate of drug-likeness (QED) is 0.154. The third-order valence-corrected chi connectivity index (χ3v) is 8.74. The summed E-state index contributed by atoms with van der Waals surface area (Å²) in [4.78, 5) is 12.5. The Hall–Kier alpha value is -2.47. The van der Waals surface area contributed by atoms with Crippen LogP contribution in [0.2, 0.25) is 0 Å². The summed E-state index contributed by atoms with van der Waals surface area (Å²) in [5, 5.41) is 11.6. The van der Waals surface area contributed by atoms with Gasteiger partial charge in [-0.05, 0) is 12.1 Å². The van der Waals surface area contributed by atoms with Gasteiger partial charge in [-0.2, -0.15) is 25.9 Å². The number of nitrogens with zero attached hydrogens (tertiary/aromatic N) is 4. The van der Waals surface area contributed by atoms with Gasteiger partial charge in [-0.25, -0.2) is 8.42 Å². The molecule has 0 N–H and O–H groups in total. The predicted molar refractivity (Wildman–Crippen MR) is 142 cm³/mol. The first-order valence-corrected chi connectivity index (χ1v) is 15.9. The molecule has 11 nitrogen and oxygen atoms in total. The molecular formula is C22H26BrF3N4O7S2. The van der Waals surface area contributed by atoms with Crippen LogP contribution in [0.5, 0.6) is 0 Å². The van der Waals surface area contributed by atoms with Crippen molar-refractivity contribution in [3.05, 3.63) is 58.1 Å². The van der Waals surface area contributed by atoms with Crippen LogP contribution in [0.4, 0.5) is 30.2 Å². The predicted octanol–water partition coefficient (Wildman–Crippen LogP) is 3.30. The molecule has 0 bridgehead atoms. The van der Waals surface area contributed by atoms with Crippen LogP contribution in [0.1, 0.15) is 5.56 Å². The number of nitro groups is 1. The molecule has 0 unspecified atom stereocenters. The Balaban J connectivity index is 2.10. The monoisotopic (exact) mass is 658 g/mol. The maximum absolute atomic E-state index is 14.2. The summed E-state index contributed by atoms with van der Waals surface area (Å²) in [5.41, 5.74) is -2.54. The molecule has 0 saturated carbocycles. The Bertz CT molecular complexity index is 1390. The van der Waals surface area contributed by atoms with E-state index in [0.29, 0.717) is 6.07 Å². The Morgan fingerprint density at radius 2 is 1.67 bits per heavy atom. The maximum atomic E-state index is 14.2. The Kier molecular flexibility index (Phi) is 9.85. The summed E-state index contributed by atoms with van der Waals surface area (Å²) in [5.74, 6) is 0. The van der Waals surface area contributed by atoms with Crippen LogP contribution in [0.15, 0.2) is 47.4 Å². The molecule has 1 heterocycles. The average molecular weight is 660 g/mol. The van der Waals surface area contributed by atoms with E-state index < -0.39 is 66.2 Å². The van der Waals surface area contributed by atoms with Crippen LogP contribution >= 0.6 is 15.9 Å². The second-order valence-electron chi connectivity index (χ2n) is 8.52. The van der Waals surface area contributed by atoms with E-state index >= 15 is 0 Å². The fourth-order valence-electron chi connectivity index (χ4n) is 4.14. The molecule has 1 aliphatic heterocycles. The first-order chi connectivity index (χ1) is 18.1. The van der Waals surface area contributed by atoms with Gasteiger partial charge in [0.1, 0.15) is 4.90 Å². The summed E-state index contributed by atoms with van der Waals surface area (Å²) in [7, 11) is -8.61. The number of benzene rings is 2. The van der Waals surface area contributed by atoms with Gasteiger partial charge in [0.25, 0.3) is 15.8 Å². The second-order valence-corrected chi connectivity index (χ2v) is 12.9. The van der Waals surface area contributed by atoms with Crippen LogP contribution in [-0.4, -0.2) is 83.5 Å². The summed E-state index contributed by atoms with van der Waals surface area (Å²) in [6, 6.07) is 10.0. The van der Waals surface area contributed by atoms with Gasteiger partial charge in [0, 0.05) is 62.4 Å². The summed E-state index contributed by atoms with van der Waals surface area (Å²) in [6.07, 6.45) is -4.40. The van der Waals surface area contributed by atoms with Crippen molar-refractivity contribution in [1.82, 2.24) is 4.31 Å². The van der Waals surface area contributed by atoms with E-state index in [4.69, 9.17) is 0 Å². The SMILES string of the molecule is CS(=O)(=O)OCCN(CCBr)c1c(C(F)(F)F)cc([N+](=O)[O-])cc1S(=O)(=O)N1CCN(c2ccccc2)CC1. The van der Waals surface area contributed by atoms with E-state index in [2.05, 4.69) is 20.1 Å². The topological polar surface area (TPSA) is 130 Å². The highest BCUT2D eigenvalue weighted by atomic mass is 79.9. The van der Waals surface area contributed by atoms with E-state index in [1.807, 2.05) is 35.2 Å². The lowest BCUT2D eigenvalue weighted by atomic mass is 10.1. The van der Waals surface area contributed by atoms with Gasteiger partial charge in [-0.1, -0.05) is 34.1 Å². The maximum Gasteiger partial charge on any atom is 0.418 e. The van der Waals surface area contributed by atoms with Crippen molar-refractivity contribution in [3.8, 4) is 0 Å². The highest BCUT2D eigenvalue weighted by Gasteiger charge is 2.42. The number of hydrogen-bond donors (Lipinski definition) is 0. The van der Waals surface area contributed by atoms with E-state index in [1.165, 1.54) is 0 Å². The lowest BCUT2D eigenvalue weighted by Gasteiger charge is -2.36. The number of alkyl halides is 4. The number of anilines is 2. The Labute approximate surface area is 232 Å². The number of piperazine rings is 1. The van der Waals surface area contributed by atoms with Crippen molar-refractivity contribution in [3.63, 3.8) is 0 Å². The molecule has 1 fully saturated rings. The molecule has 17 heteroatoms. The number of para-hydroxylation sites is 1. The highest BCUT2D eigenvalue weighted by Crippen LogP contribution is 2.44. The number of sulfonamides is 1. The summed E-state index contributed by atoms with van der Waals surface area (Å²) < 4.78 is 98.8. The van der Waals surface area contributed by atoms with Crippen molar-refractivity contribution in [1.29, 1.82) is 0 Å². The first-order valence-electron chi connectivity index (χ1n) is 11.5. The summed E-state index contributed by atoms with van der Waals surface area (Å²) in [6.45, 7) is -0.857. The van der Waals surface area contributed by atoms with E-state index in [0.717, 1.165) is 21.1 Å². The van der Waals surface area contributed by atoms with E-state index in [1.54, 1.807) is 0 Å². The molecule has 2 aromatic carbocycles. The zero-order valence-corrected chi connectivity index (χ0v) is 23.9. The highest BCUT2D eigenvalue weighted by molar-refractivity contribution is 9.09. The molecule has 0 radical (unpaired) electrons. The molecule has 0 amide bonds. The van der Waals surface area contributed by atoms with Crippen molar-refractivity contribution in [2.75, 3.05) is 67.3 Å². The normalized spacial score (nSPS) is 15.4. The van der Waals surface area contributed by atoms with Gasteiger partial charge in [0.2, 0.25) is 10.0 Å². The standard InChI is InChI=1S/C22H26BrF3N4O7S2/c1-38(33,34)37-14-13-28(8-7-23)21-19(22(24,25)26)15-18(30(31)32)16-20(21)39(35,36)29-11-9-27(10-12-29)17-5-3-2-4-6-17/h2-6,15-16H,7-14H2,1H3. The Morgan fingerprint density at radius 3 is 2.18 bits per heavy atom. The van der Waals surface area contributed by atoms with Crippen molar-refractivity contribution in [2.45, 2.75) is 11.1 Å². The summed E-state index contributed by atoms with van der Waals surface area (Å²) >= 11 is 3.12. The van der Waals surface area contributed by atoms with Crippen molar-refractivity contribution >= 4 is 53.1 Å². The fraction of sp³-hybridized carbons (Fsp3) is 0.455. The first kappa shape index (κ1) is 31.1. The molecule has 39 heavy (non-hydrogen) atoms. The van der Waals surface area contributed by atoms with Gasteiger partial charge in [0.15, 0.2) is 0 Å². The molecule has 1 saturated heterocycles. The molecule has 3 rings (SSSR count). The third-order valence-electron chi connectivity index (χ3n) is 5.88. The zero-order valence-electron chi connectivity index (χ0n) is 20.7. The van der Waals surface area contributed by atoms with Crippen LogP contribution < -0.4 is 9.80 Å². The van der Waals surface area contributed by atoms with Crippen LogP contribution in [-0.2, 0) is 30.5 Å². The molecule has 0 aromatic heterocycles. The lowest BCUT2D eigenvalue weighted by molar-refractivity contribution is -0.385. The van der Waals surface area contributed by atoms with Crippen LogP contribution in [0.3, 0.4) is 0 Å². The molecule has 216 valence electrons. The number of nitro benzene ring substituents is 1. The van der Waals surface area contributed by atoms with Gasteiger partial charge < -0.3 is 9.80 Å². The molecule has 0 aliphatic carbocycles. The van der Waals surface area contributed by atoms with Crippen LogP contribution in [0, 0.1) is 10.1 Å². The van der Waals surface area contributed by atoms with Crippen molar-refractivity contribution < 1.29 is 39.1 Å². The zero-order chi connectivity index (χ0) is 29.0. The van der Waals surface area contributed by atoms with Crippen LogP contribution in [0.25, 0.3) is 0 Å². The minimum absolute atomic E-state index is 0.0731. The van der Waals surface area contributed by atoms with Crippen molar-refractivity contribution in [2.24, 2.45) is 0 Å². The third kappa shape index (κ3) is 7.81. The molecule has 1 aliphatic rings. The number of non-ortho nitro benzene ring substituents is 1.